The standard InChI is InChI=1S/C90H57N6/c1-3-23-57(24-4-1)91-87-41-21-22-42-88(87)92(58-25-5-2-6-26-58)90-56-76-66-48-44-60(96-84-40-20-14-34-72(84)78-54-62(46-50-86(78)96)94-81-37-17-11-31-69(81)70-32-12-18-38-82(70)94)52-74(66)73-51-59(43-47-65(73)63-27-7-8-28-64(63)75(76)55-89(90)91)95-83-39-19-13-33-71(83)77-53-61(45-49-85(77)95)93-79-35-15-9-29-67(79)68-30-10-16-36-80(68)93/h1-56,88H/q+1. The molecule has 6 heteroatoms. The second kappa shape index (κ2) is 20.4. The summed E-state index contributed by atoms with van der Waals surface area (Å²) in [5, 5.41) is 19.1. The van der Waals surface area contributed by atoms with E-state index in [4.69, 9.17) is 0 Å². The summed E-state index contributed by atoms with van der Waals surface area (Å²) in [6.45, 7) is 0. The van der Waals surface area contributed by atoms with Gasteiger partial charge in [0.2, 0.25) is 17.1 Å². The number of para-hydroxylation sites is 8. The third kappa shape index (κ3) is 7.55. The normalized spacial score (nSPS) is 14.0. The Bertz CT molecular complexity index is 6860. The van der Waals surface area contributed by atoms with E-state index in [1.54, 1.807) is 0 Å². The molecule has 14 aromatic carbocycles. The van der Waals surface area contributed by atoms with Crippen LogP contribution in [0.3, 0.4) is 0 Å². The zero-order chi connectivity index (χ0) is 62.7. The molecular formula is C90H57N6+. The minimum Gasteiger partial charge on any atom is -0.319 e. The topological polar surface area (TPSA) is 26.0 Å². The molecule has 446 valence electrons. The van der Waals surface area contributed by atoms with Gasteiger partial charge in [0.15, 0.2) is 0 Å². The molecule has 18 aromatic rings. The van der Waals surface area contributed by atoms with Crippen LogP contribution >= 0.6 is 0 Å². The van der Waals surface area contributed by atoms with Crippen LogP contribution < -0.4 is 9.48 Å². The zero-order valence-corrected chi connectivity index (χ0v) is 52.1. The average molecular weight is 1220 g/mol. The quantitative estimate of drug-likeness (QED) is 0.152. The van der Waals surface area contributed by atoms with Crippen molar-refractivity contribution < 1.29 is 0 Å². The predicted molar refractivity (Wildman–Crippen MR) is 397 cm³/mol. The third-order valence-corrected chi connectivity index (χ3v) is 20.8. The molecule has 0 amide bonds. The first-order valence-electron chi connectivity index (χ1n) is 33.2. The van der Waals surface area contributed by atoms with Crippen molar-refractivity contribution in [3.8, 4) is 22.7 Å². The van der Waals surface area contributed by atoms with E-state index in [0.29, 0.717) is 0 Å². The monoisotopic (exact) mass is 1220 g/mol. The number of anilines is 2. The van der Waals surface area contributed by atoms with Crippen molar-refractivity contribution in [2.75, 3.05) is 4.90 Å². The molecular weight excluding hydrogens is 1170 g/mol. The molecule has 0 spiro atoms. The number of fused-ring (bicyclic) bond motifs is 18. The van der Waals surface area contributed by atoms with Crippen molar-refractivity contribution in [1.82, 2.24) is 22.8 Å². The number of benzene rings is 14. The Hall–Kier alpha value is -12.8. The number of allylic oxidation sites excluding steroid dienone is 2. The molecule has 21 rings (SSSR count). The number of hydrogen-bond donors (Lipinski definition) is 0. The van der Waals surface area contributed by atoms with E-state index >= 15 is 0 Å². The van der Waals surface area contributed by atoms with E-state index < -0.39 is 0 Å². The van der Waals surface area contributed by atoms with Gasteiger partial charge in [0.25, 0.3) is 0 Å². The maximum Gasteiger partial charge on any atom is 0.235 e. The molecule has 96 heavy (non-hydrogen) atoms. The Morgan fingerprint density at radius 3 is 1.06 bits per heavy atom. The Morgan fingerprint density at radius 2 is 0.583 bits per heavy atom. The van der Waals surface area contributed by atoms with E-state index in [0.717, 1.165) is 83.2 Å². The molecule has 2 aliphatic carbocycles. The second-order valence-electron chi connectivity index (χ2n) is 25.7. The van der Waals surface area contributed by atoms with Gasteiger partial charge in [-0.2, -0.15) is 4.58 Å². The van der Waals surface area contributed by atoms with Gasteiger partial charge >= 0.3 is 0 Å². The van der Waals surface area contributed by atoms with Crippen LogP contribution in [0.5, 0.6) is 0 Å². The minimum absolute atomic E-state index is 0.0795. The van der Waals surface area contributed by atoms with E-state index in [1.165, 1.54) is 97.0 Å². The summed E-state index contributed by atoms with van der Waals surface area (Å²) < 4.78 is 12.4. The van der Waals surface area contributed by atoms with Crippen molar-refractivity contribution in [3.05, 3.63) is 382 Å². The maximum atomic E-state index is 2.55. The van der Waals surface area contributed by atoms with E-state index in [1.807, 2.05) is 0 Å². The van der Waals surface area contributed by atoms with Crippen LogP contribution in [-0.2, 0) is 0 Å². The largest absolute Gasteiger partial charge is 0.319 e. The summed E-state index contributed by atoms with van der Waals surface area (Å²) in [5.74, 6) is 0. The van der Waals surface area contributed by atoms with Crippen LogP contribution in [0, 0.1) is 41.7 Å². The van der Waals surface area contributed by atoms with Crippen molar-refractivity contribution in [3.63, 3.8) is 0 Å². The first-order chi connectivity index (χ1) is 47.7. The summed E-state index contributed by atoms with van der Waals surface area (Å²) in [4.78, 5) is 2.55. The van der Waals surface area contributed by atoms with Crippen LogP contribution in [0.4, 0.5) is 22.7 Å². The van der Waals surface area contributed by atoms with E-state index in [-0.39, 0.29) is 6.04 Å². The first-order valence-corrected chi connectivity index (χ1v) is 33.2. The smallest absolute Gasteiger partial charge is 0.235 e. The molecule has 3 aliphatic rings. The molecule has 0 saturated heterocycles. The molecule has 6 nitrogen and oxygen atoms in total. The predicted octanol–water partition coefficient (Wildman–Crippen LogP) is 21.5. The summed E-state index contributed by atoms with van der Waals surface area (Å²) in [6, 6.07) is 118. The van der Waals surface area contributed by atoms with Crippen molar-refractivity contribution in [2.24, 2.45) is 0 Å². The lowest BCUT2D eigenvalue weighted by Gasteiger charge is -2.35. The van der Waals surface area contributed by atoms with Crippen LogP contribution in [0.15, 0.2) is 340 Å². The number of aromatic nitrogens is 4. The Balaban J connectivity index is 0.891. The van der Waals surface area contributed by atoms with Gasteiger partial charge in [-0.05, 0) is 157 Å². The molecule has 0 saturated carbocycles. The van der Waals surface area contributed by atoms with Crippen LogP contribution in [0.25, 0.3) is 110 Å². The van der Waals surface area contributed by atoms with Gasteiger partial charge in [-0.25, -0.2) is 0 Å². The fourth-order valence-electron chi connectivity index (χ4n) is 16.8. The highest BCUT2D eigenvalue weighted by Crippen LogP contribution is 2.45. The highest BCUT2D eigenvalue weighted by atomic mass is 15.2. The molecule has 1 atom stereocenters. The van der Waals surface area contributed by atoms with Gasteiger partial charge < -0.3 is 23.2 Å². The Morgan fingerprint density at radius 1 is 0.240 bits per heavy atom. The summed E-state index contributed by atoms with van der Waals surface area (Å²) in [6.07, 6.45) is 9.04. The van der Waals surface area contributed by atoms with Crippen LogP contribution in [0.2, 0.25) is 0 Å². The molecule has 0 fully saturated rings. The van der Waals surface area contributed by atoms with Gasteiger partial charge in [-0.3, -0.25) is 0 Å². The van der Waals surface area contributed by atoms with Crippen molar-refractivity contribution >= 4 is 116 Å². The minimum atomic E-state index is -0.0795. The van der Waals surface area contributed by atoms with Crippen molar-refractivity contribution in [1.29, 1.82) is 0 Å². The van der Waals surface area contributed by atoms with Gasteiger partial charge in [0, 0.05) is 95.8 Å². The Labute approximate surface area is 550 Å². The maximum absolute atomic E-state index is 2.55. The molecule has 0 radical (unpaired) electrons. The van der Waals surface area contributed by atoms with Gasteiger partial charge in [-0.15, -0.1) is 0 Å². The first kappa shape index (κ1) is 52.8. The van der Waals surface area contributed by atoms with Crippen molar-refractivity contribution in [2.45, 2.75) is 6.04 Å². The average Bonchev–Trinajstić information content (AvgIpc) is 0.999. The molecule has 4 aromatic heterocycles. The fourth-order valence-corrected chi connectivity index (χ4v) is 16.8. The summed E-state index contributed by atoms with van der Waals surface area (Å²) in [5.41, 5.74) is 19.5. The highest BCUT2D eigenvalue weighted by molar-refractivity contribution is 6.15. The molecule has 5 heterocycles. The molecule has 0 N–H and O–H groups in total. The zero-order valence-electron chi connectivity index (χ0n) is 52.1. The van der Waals surface area contributed by atoms with Gasteiger partial charge in [0.05, 0.1) is 44.1 Å². The van der Waals surface area contributed by atoms with E-state index in [2.05, 4.69) is 367 Å². The lowest BCUT2D eigenvalue weighted by atomic mass is 9.95. The van der Waals surface area contributed by atoms with E-state index in [9.17, 15) is 0 Å². The summed E-state index contributed by atoms with van der Waals surface area (Å²) in [7, 11) is 0. The fraction of sp³-hybridized carbons (Fsp3) is 0.0111. The third-order valence-electron chi connectivity index (χ3n) is 20.8. The second-order valence-corrected chi connectivity index (χ2v) is 25.7. The van der Waals surface area contributed by atoms with Crippen LogP contribution in [0.1, 0.15) is 0 Å². The summed E-state index contributed by atoms with van der Waals surface area (Å²) >= 11 is 0. The highest BCUT2D eigenvalue weighted by Gasteiger charge is 2.40. The Kier molecular flexibility index (Phi) is 11.2. The lowest BCUT2D eigenvalue weighted by molar-refractivity contribution is 0.894. The van der Waals surface area contributed by atoms with Crippen LogP contribution in [-0.4, -0.2) is 30.0 Å². The number of rotatable bonds is 6. The van der Waals surface area contributed by atoms with Gasteiger partial charge in [-0.1, -0.05) is 200 Å². The molecule has 1 unspecified atom stereocenters. The molecule has 0 bridgehead atoms. The van der Waals surface area contributed by atoms with Gasteiger partial charge in [0.1, 0.15) is 11.7 Å². The molecule has 1 aliphatic heterocycles. The SMILES string of the molecule is C1=CC2=[N+](c3ccccc3)c3cc4c(cc3N(c3ccccc3)C2C=C1)=c1ccc(-n2c3ccccc3c3cc(-n5c6ccccc6c6ccccc65)ccc32)cc1=c1cc(-n2c3ccccc3c3cc(-n5c6ccccc6c6ccccc65)ccc32)ccc1=c1ccccc1=4. The number of nitrogens with zero attached hydrogens (tertiary/aromatic N) is 6. The lowest BCUT2D eigenvalue weighted by Crippen LogP contribution is -2.44. The number of hydrogen-bond acceptors (Lipinski definition) is 1.